The number of carbonyl (C=O) groups is 1. The Balaban J connectivity index is 1.66. The maximum Gasteiger partial charge on any atom is 0.253 e. The van der Waals surface area contributed by atoms with Gasteiger partial charge in [0.05, 0.1) is 5.56 Å². The van der Waals surface area contributed by atoms with E-state index in [-0.39, 0.29) is 11.9 Å². The summed E-state index contributed by atoms with van der Waals surface area (Å²) in [5.74, 6) is 0.00219. The van der Waals surface area contributed by atoms with E-state index in [1.165, 1.54) is 5.56 Å². The fraction of sp³-hybridized carbons (Fsp3) is 0.250. The molecule has 1 heterocycles. The highest BCUT2D eigenvalue weighted by Gasteiger charge is 2.15. The van der Waals surface area contributed by atoms with Crippen LogP contribution in [0.3, 0.4) is 0 Å². The molecule has 0 spiro atoms. The lowest BCUT2D eigenvalue weighted by Gasteiger charge is -2.13. The number of amides is 1. The molecule has 1 amide bonds. The Bertz CT molecular complexity index is 805. The summed E-state index contributed by atoms with van der Waals surface area (Å²) in [5, 5.41) is 4.12. The monoisotopic (exact) mass is 306 g/mol. The van der Waals surface area contributed by atoms with Gasteiger partial charge >= 0.3 is 0 Å². The minimum atomic E-state index is 0.00219. The second-order valence-corrected chi connectivity index (χ2v) is 6.07. The van der Waals surface area contributed by atoms with Gasteiger partial charge in [0.25, 0.3) is 5.91 Å². The summed E-state index contributed by atoms with van der Waals surface area (Å²) < 4.78 is 2.00. The second-order valence-electron chi connectivity index (χ2n) is 6.07. The van der Waals surface area contributed by atoms with E-state index in [0.717, 1.165) is 29.3 Å². The molecule has 0 aliphatic carbocycles. The van der Waals surface area contributed by atoms with Gasteiger partial charge in [0.2, 0.25) is 0 Å². The number of aromatic nitrogens is 1. The van der Waals surface area contributed by atoms with Crippen molar-refractivity contribution in [2.45, 2.75) is 25.8 Å². The Morgan fingerprint density at radius 1 is 1.09 bits per heavy atom. The highest BCUT2D eigenvalue weighted by atomic mass is 16.1. The number of carbonyl (C=O) groups excluding carboxylic acids is 1. The van der Waals surface area contributed by atoms with Crippen molar-refractivity contribution in [1.29, 1.82) is 0 Å². The van der Waals surface area contributed by atoms with Gasteiger partial charge < -0.3 is 9.88 Å². The minimum Gasteiger partial charge on any atom is -0.350 e. The van der Waals surface area contributed by atoms with Crippen LogP contribution in [0, 0.1) is 0 Å². The van der Waals surface area contributed by atoms with Crippen molar-refractivity contribution in [2.24, 2.45) is 7.05 Å². The quantitative estimate of drug-likeness (QED) is 0.761. The first-order valence-corrected chi connectivity index (χ1v) is 8.04. The van der Waals surface area contributed by atoms with Gasteiger partial charge in [0, 0.05) is 30.2 Å². The molecule has 0 unspecified atom stereocenters. The number of fused-ring (bicyclic) bond motifs is 1. The van der Waals surface area contributed by atoms with Crippen molar-refractivity contribution < 1.29 is 4.79 Å². The molecule has 1 aromatic heterocycles. The first-order chi connectivity index (χ1) is 11.1. The Morgan fingerprint density at radius 3 is 2.57 bits per heavy atom. The van der Waals surface area contributed by atoms with Gasteiger partial charge in [-0.25, -0.2) is 0 Å². The standard InChI is InChI=1S/C20H22N2O/c1-15(12-13-16-8-4-3-5-9-16)21-20(23)18-14-22(2)19-11-7-6-10-17(18)19/h3-11,14-15H,12-13H2,1-2H3,(H,21,23)/t15-/m1/s1. The number of rotatable bonds is 5. The van der Waals surface area contributed by atoms with Gasteiger partial charge in [-0.2, -0.15) is 0 Å². The van der Waals surface area contributed by atoms with Crippen LogP contribution < -0.4 is 5.32 Å². The van der Waals surface area contributed by atoms with Crippen molar-refractivity contribution in [1.82, 2.24) is 9.88 Å². The van der Waals surface area contributed by atoms with Crippen LogP contribution in [-0.2, 0) is 13.5 Å². The molecule has 118 valence electrons. The van der Waals surface area contributed by atoms with Gasteiger partial charge in [-0.1, -0.05) is 48.5 Å². The van der Waals surface area contributed by atoms with E-state index in [0.29, 0.717) is 0 Å². The summed E-state index contributed by atoms with van der Waals surface area (Å²) in [6.45, 7) is 2.06. The van der Waals surface area contributed by atoms with E-state index in [9.17, 15) is 4.79 Å². The topological polar surface area (TPSA) is 34.0 Å². The SMILES string of the molecule is C[C@H](CCc1ccccc1)NC(=O)c1cn(C)c2ccccc12. The van der Waals surface area contributed by atoms with Crippen LogP contribution in [0.25, 0.3) is 10.9 Å². The third-order valence-electron chi connectivity index (χ3n) is 4.23. The molecule has 3 rings (SSSR count). The molecule has 23 heavy (non-hydrogen) atoms. The normalized spacial score (nSPS) is 12.3. The number of para-hydroxylation sites is 1. The van der Waals surface area contributed by atoms with Crippen molar-refractivity contribution in [3.63, 3.8) is 0 Å². The molecule has 1 N–H and O–H groups in total. The number of hydrogen-bond acceptors (Lipinski definition) is 1. The Kier molecular flexibility index (Phi) is 4.47. The lowest BCUT2D eigenvalue weighted by Crippen LogP contribution is -2.32. The van der Waals surface area contributed by atoms with Crippen molar-refractivity contribution in [3.05, 3.63) is 71.9 Å². The zero-order valence-electron chi connectivity index (χ0n) is 13.6. The van der Waals surface area contributed by atoms with Gasteiger partial charge in [0.1, 0.15) is 0 Å². The lowest BCUT2D eigenvalue weighted by atomic mass is 10.1. The van der Waals surface area contributed by atoms with E-state index in [4.69, 9.17) is 0 Å². The molecule has 0 fully saturated rings. The van der Waals surface area contributed by atoms with Crippen LogP contribution in [0.2, 0.25) is 0 Å². The maximum atomic E-state index is 12.6. The first kappa shape index (κ1) is 15.3. The van der Waals surface area contributed by atoms with Crippen LogP contribution in [0.1, 0.15) is 29.3 Å². The fourth-order valence-electron chi connectivity index (χ4n) is 2.92. The highest BCUT2D eigenvalue weighted by Crippen LogP contribution is 2.20. The molecular weight excluding hydrogens is 284 g/mol. The summed E-state index contributed by atoms with van der Waals surface area (Å²) in [6, 6.07) is 18.5. The molecule has 2 aromatic carbocycles. The summed E-state index contributed by atoms with van der Waals surface area (Å²) >= 11 is 0. The predicted octanol–water partition coefficient (Wildman–Crippen LogP) is 3.93. The van der Waals surface area contributed by atoms with Crippen LogP contribution in [0.5, 0.6) is 0 Å². The van der Waals surface area contributed by atoms with E-state index >= 15 is 0 Å². The van der Waals surface area contributed by atoms with E-state index < -0.39 is 0 Å². The van der Waals surface area contributed by atoms with Crippen molar-refractivity contribution in [3.8, 4) is 0 Å². The zero-order chi connectivity index (χ0) is 16.2. The molecule has 0 saturated carbocycles. The number of benzene rings is 2. The maximum absolute atomic E-state index is 12.6. The summed E-state index contributed by atoms with van der Waals surface area (Å²) in [5.41, 5.74) is 3.13. The number of nitrogens with one attached hydrogen (secondary N) is 1. The van der Waals surface area contributed by atoms with Gasteiger partial charge in [-0.05, 0) is 31.4 Å². The number of aryl methyl sites for hydroxylation is 2. The number of nitrogens with zero attached hydrogens (tertiary/aromatic N) is 1. The zero-order valence-corrected chi connectivity index (χ0v) is 13.6. The predicted molar refractivity (Wildman–Crippen MR) is 94.6 cm³/mol. The molecule has 0 aliphatic heterocycles. The molecule has 0 saturated heterocycles. The van der Waals surface area contributed by atoms with Gasteiger partial charge in [-0.3, -0.25) is 4.79 Å². The molecule has 0 bridgehead atoms. The van der Waals surface area contributed by atoms with E-state index in [1.807, 2.05) is 48.1 Å². The van der Waals surface area contributed by atoms with E-state index in [1.54, 1.807) is 0 Å². The summed E-state index contributed by atoms with van der Waals surface area (Å²) in [4.78, 5) is 12.6. The Hall–Kier alpha value is -2.55. The van der Waals surface area contributed by atoms with E-state index in [2.05, 4.69) is 36.5 Å². The molecule has 0 radical (unpaired) electrons. The van der Waals surface area contributed by atoms with Crippen LogP contribution in [-0.4, -0.2) is 16.5 Å². The Labute approximate surface area is 136 Å². The minimum absolute atomic E-state index is 0.00219. The second kappa shape index (κ2) is 6.69. The van der Waals surface area contributed by atoms with Crippen LogP contribution in [0.4, 0.5) is 0 Å². The lowest BCUT2D eigenvalue weighted by molar-refractivity contribution is 0.0940. The highest BCUT2D eigenvalue weighted by molar-refractivity contribution is 6.07. The molecule has 3 aromatic rings. The van der Waals surface area contributed by atoms with Gasteiger partial charge in [-0.15, -0.1) is 0 Å². The largest absolute Gasteiger partial charge is 0.350 e. The van der Waals surface area contributed by atoms with Crippen LogP contribution >= 0.6 is 0 Å². The van der Waals surface area contributed by atoms with Crippen molar-refractivity contribution in [2.75, 3.05) is 0 Å². The molecule has 0 aliphatic rings. The average molecular weight is 306 g/mol. The van der Waals surface area contributed by atoms with Crippen molar-refractivity contribution >= 4 is 16.8 Å². The third kappa shape index (κ3) is 3.45. The Morgan fingerprint density at radius 2 is 1.78 bits per heavy atom. The van der Waals surface area contributed by atoms with Crippen LogP contribution in [0.15, 0.2) is 60.8 Å². The molecule has 3 nitrogen and oxygen atoms in total. The fourth-order valence-corrected chi connectivity index (χ4v) is 2.92. The third-order valence-corrected chi connectivity index (χ3v) is 4.23. The average Bonchev–Trinajstić information content (AvgIpc) is 2.91. The molecular formula is C20H22N2O. The smallest absolute Gasteiger partial charge is 0.253 e. The number of hydrogen-bond donors (Lipinski definition) is 1. The summed E-state index contributed by atoms with van der Waals surface area (Å²) in [6.07, 6.45) is 3.81. The molecule has 3 heteroatoms. The summed E-state index contributed by atoms with van der Waals surface area (Å²) in [7, 11) is 1.97. The molecule has 1 atom stereocenters. The first-order valence-electron chi connectivity index (χ1n) is 8.04. The van der Waals surface area contributed by atoms with Gasteiger partial charge in [0.15, 0.2) is 0 Å².